The van der Waals surface area contributed by atoms with E-state index in [0.29, 0.717) is 23.2 Å². The van der Waals surface area contributed by atoms with Crippen molar-refractivity contribution in [2.45, 2.75) is 50.8 Å². The zero-order valence-corrected chi connectivity index (χ0v) is 19.5. The van der Waals surface area contributed by atoms with E-state index >= 15 is 4.39 Å². The number of H-pyrrole nitrogens is 1. The number of aliphatic hydroxyl groups is 1. The molecule has 0 spiro atoms. The second-order valence-corrected chi connectivity index (χ2v) is 8.56. The second kappa shape index (κ2) is 10.3. The lowest BCUT2D eigenvalue weighted by Gasteiger charge is -2.25. The highest BCUT2D eigenvalue weighted by Crippen LogP contribution is 2.34. The van der Waals surface area contributed by atoms with Crippen LogP contribution in [0.25, 0.3) is 27.7 Å². The van der Waals surface area contributed by atoms with Gasteiger partial charge in [-0.25, -0.2) is 22.8 Å². The predicted octanol–water partition coefficient (Wildman–Crippen LogP) is 2.71. The van der Waals surface area contributed by atoms with Crippen molar-refractivity contribution in [2.75, 3.05) is 20.3 Å². The van der Waals surface area contributed by atoms with Gasteiger partial charge >= 0.3 is 0 Å². The number of rotatable bonds is 8. The molecule has 1 aromatic carbocycles. The molecule has 3 aromatic heterocycles. The molecule has 3 heterocycles. The number of ether oxygens (including phenoxy) is 2. The molecule has 192 valence electrons. The molecule has 2 N–H and O–H groups in total. The number of hydrogen-bond acceptors (Lipinski definition) is 7. The summed E-state index contributed by atoms with van der Waals surface area (Å²) in [5.74, 6) is -0.772. The van der Waals surface area contributed by atoms with Crippen LogP contribution in [0.1, 0.15) is 27.1 Å². The van der Waals surface area contributed by atoms with Crippen molar-refractivity contribution >= 4 is 16.6 Å². The molecule has 10 nitrogen and oxygen atoms in total. The van der Waals surface area contributed by atoms with Gasteiger partial charge in [0.15, 0.2) is 5.82 Å². The van der Waals surface area contributed by atoms with Crippen LogP contribution in [0, 0.1) is 5.82 Å². The zero-order valence-electron chi connectivity index (χ0n) is 20.5. The Labute approximate surface area is 204 Å². The van der Waals surface area contributed by atoms with Gasteiger partial charge in [0.05, 0.1) is 51.1 Å². The third-order valence-corrected chi connectivity index (χ3v) is 6.21. The molecule has 0 aliphatic heterocycles. The van der Waals surface area contributed by atoms with Crippen molar-refractivity contribution in [3.8, 4) is 17.0 Å². The quantitative estimate of drug-likeness (QED) is 0.380. The van der Waals surface area contributed by atoms with Crippen LogP contribution in [0.3, 0.4) is 0 Å². The predicted molar refractivity (Wildman–Crippen MR) is 123 cm³/mol. The van der Waals surface area contributed by atoms with Crippen molar-refractivity contribution in [1.82, 2.24) is 29.6 Å². The molecular formula is C23H26F3N7O3. The molecule has 5 rings (SSSR count). The maximum atomic E-state index is 15.5. The van der Waals surface area contributed by atoms with Crippen molar-refractivity contribution in [1.29, 1.82) is 0 Å². The summed E-state index contributed by atoms with van der Waals surface area (Å²) in [5, 5.41) is 19.5. The van der Waals surface area contributed by atoms with Gasteiger partial charge in [-0.1, -0.05) is 11.3 Å². The van der Waals surface area contributed by atoms with Crippen LogP contribution in [0.4, 0.5) is 13.2 Å². The van der Waals surface area contributed by atoms with Crippen LogP contribution in [0.2, 0.25) is 0 Å². The summed E-state index contributed by atoms with van der Waals surface area (Å²) < 4.78 is 63.1. The topological polar surface area (TPSA) is 115 Å². The number of alkyl halides is 2. The average molecular weight is 507 g/mol. The lowest BCUT2D eigenvalue weighted by molar-refractivity contribution is 0.00612. The third-order valence-electron chi connectivity index (χ3n) is 6.21. The van der Waals surface area contributed by atoms with Gasteiger partial charge < -0.3 is 14.6 Å². The first kappa shape index (κ1) is 23.0. The molecule has 0 amide bonds. The number of aromatic nitrogens is 6. The number of fused-ring (bicyclic) bond motifs is 2. The van der Waals surface area contributed by atoms with Gasteiger partial charge in [0.25, 0.3) is 6.43 Å². The summed E-state index contributed by atoms with van der Waals surface area (Å²) in [6.07, 6.45) is 0.0829. The number of benzene rings is 1. The second-order valence-electron chi connectivity index (χ2n) is 8.56. The van der Waals surface area contributed by atoms with Gasteiger partial charge in [0, 0.05) is 0 Å². The van der Waals surface area contributed by atoms with Crippen LogP contribution < -0.4 is 10.4 Å². The largest absolute Gasteiger partial charge is 0.479 e. The number of aromatic amines is 1. The van der Waals surface area contributed by atoms with Gasteiger partial charge in [0.1, 0.15) is 17.6 Å². The fraction of sp³-hybridized carbons (Fsp3) is 0.478. The first-order valence-corrected chi connectivity index (χ1v) is 11.6. The maximum absolute atomic E-state index is 15.5. The van der Waals surface area contributed by atoms with Gasteiger partial charge in [-0.15, -0.1) is 5.10 Å². The van der Waals surface area contributed by atoms with Gasteiger partial charge in [-0.05, 0) is 43.4 Å². The van der Waals surface area contributed by atoms with E-state index < -0.39 is 25.0 Å². The van der Waals surface area contributed by atoms with E-state index in [0.717, 1.165) is 30.4 Å². The zero-order chi connectivity index (χ0) is 26.1. The summed E-state index contributed by atoms with van der Waals surface area (Å²) in [7, 11) is 1.39. The Balaban J connectivity index is 1.54. The van der Waals surface area contributed by atoms with Gasteiger partial charge in [-0.3, -0.25) is 9.61 Å². The molecule has 1 saturated carbocycles. The summed E-state index contributed by atoms with van der Waals surface area (Å²) in [6, 6.07) is 4.60. The van der Waals surface area contributed by atoms with E-state index in [2.05, 4.69) is 25.4 Å². The first-order chi connectivity index (χ1) is 17.9. The number of hydrogen-bond donors (Lipinski definition) is 2. The van der Waals surface area contributed by atoms with E-state index in [-0.39, 0.29) is 41.3 Å². The number of methoxy groups -OCH3 is 1. The number of nitrogens with zero attached hydrogens (tertiary/aromatic N) is 6. The van der Waals surface area contributed by atoms with Crippen molar-refractivity contribution in [3.63, 3.8) is 0 Å². The minimum absolute atomic E-state index is 0.0159. The molecule has 0 saturated heterocycles. The van der Waals surface area contributed by atoms with Crippen LogP contribution in [-0.4, -0.2) is 73.6 Å². The van der Waals surface area contributed by atoms with E-state index in [4.69, 9.17) is 16.0 Å². The summed E-state index contributed by atoms with van der Waals surface area (Å²) >= 11 is 0. The molecule has 13 heteroatoms. The standard InChI is InChI=1S/C23H26F3N7O3/c1-35-22-21-20(13-2-7-17-18(10-13)32(31-29-17)12-19(25)26)16(24)11-33(21)30-23(28-22)27-14-3-5-15(6-4-14)36-9-8-34/h2,7,10-11,14-15,19,34H,3-6,8-9,12H2,1H3,(H,27,30)/i11D. The fourth-order valence-corrected chi connectivity index (χ4v) is 4.57. The molecular weight excluding hydrogens is 479 g/mol. The Hall–Kier alpha value is -3.45. The van der Waals surface area contributed by atoms with Crippen LogP contribution in [0.5, 0.6) is 5.88 Å². The molecule has 1 fully saturated rings. The van der Waals surface area contributed by atoms with Gasteiger partial charge in [-0.2, -0.15) is 4.98 Å². The van der Waals surface area contributed by atoms with E-state index in [9.17, 15) is 8.78 Å². The van der Waals surface area contributed by atoms with Crippen molar-refractivity contribution in [2.24, 2.45) is 4.99 Å². The normalized spacial score (nSPS) is 19.5. The lowest BCUT2D eigenvalue weighted by Crippen LogP contribution is -2.28. The van der Waals surface area contributed by atoms with Gasteiger partial charge in [0.2, 0.25) is 11.5 Å². The SMILES string of the molecule is [2H]c1c(F)c(-c2ccc3nnn(CC(F)F)c3c2)c2c(OC)nc(=NC3CCC(OCCO)CC3)[nH]n12. The molecule has 0 radical (unpaired) electrons. The van der Waals surface area contributed by atoms with E-state index in [1.54, 1.807) is 12.1 Å². The Morgan fingerprint density at radius 1 is 1.31 bits per heavy atom. The van der Waals surface area contributed by atoms with Crippen molar-refractivity contribution < 1.29 is 29.1 Å². The number of nitrogens with one attached hydrogen (secondary N) is 1. The Bertz CT molecular complexity index is 1480. The number of aliphatic hydroxyl groups excluding tert-OH is 1. The molecule has 1 aliphatic carbocycles. The minimum atomic E-state index is -2.63. The highest BCUT2D eigenvalue weighted by Gasteiger charge is 2.23. The average Bonchev–Trinajstić information content (AvgIpc) is 3.40. The smallest absolute Gasteiger partial charge is 0.258 e. The van der Waals surface area contributed by atoms with E-state index in [1.165, 1.54) is 17.7 Å². The maximum Gasteiger partial charge on any atom is 0.258 e. The Kier molecular flexibility index (Phi) is 6.55. The molecule has 0 bridgehead atoms. The van der Waals surface area contributed by atoms with Crippen LogP contribution >= 0.6 is 0 Å². The molecule has 0 atom stereocenters. The van der Waals surface area contributed by atoms with Crippen LogP contribution in [0.15, 0.2) is 29.4 Å². The molecule has 1 aliphatic rings. The molecule has 4 aromatic rings. The first-order valence-electron chi connectivity index (χ1n) is 12.1. The molecule has 0 unspecified atom stereocenters. The third kappa shape index (κ3) is 4.80. The highest BCUT2D eigenvalue weighted by molar-refractivity contribution is 5.89. The highest BCUT2D eigenvalue weighted by atomic mass is 19.3. The Morgan fingerprint density at radius 3 is 2.83 bits per heavy atom. The minimum Gasteiger partial charge on any atom is -0.479 e. The summed E-state index contributed by atoms with van der Waals surface area (Å²) in [4.78, 5) is 9.07. The fourth-order valence-electron chi connectivity index (χ4n) is 4.57. The summed E-state index contributed by atoms with van der Waals surface area (Å²) in [5.41, 5.74) is 1.42. The van der Waals surface area contributed by atoms with Crippen molar-refractivity contribution in [3.05, 3.63) is 35.8 Å². The Morgan fingerprint density at radius 2 is 2.11 bits per heavy atom. The van der Waals surface area contributed by atoms with Crippen LogP contribution in [-0.2, 0) is 11.3 Å². The number of halogens is 3. The van der Waals surface area contributed by atoms with E-state index in [1.807, 2.05) is 0 Å². The lowest BCUT2D eigenvalue weighted by atomic mass is 9.93. The molecule has 36 heavy (non-hydrogen) atoms. The monoisotopic (exact) mass is 506 g/mol. The summed E-state index contributed by atoms with van der Waals surface area (Å²) in [6.45, 7) is -0.360.